The second kappa shape index (κ2) is 4.56. The van der Waals surface area contributed by atoms with Gasteiger partial charge < -0.3 is 10.2 Å². The maximum absolute atomic E-state index is 12.1. The first-order valence-electron chi connectivity index (χ1n) is 5.38. The molecule has 0 aromatic carbocycles. The minimum Gasteiger partial charge on any atom is -0.342 e. The van der Waals surface area contributed by atoms with Gasteiger partial charge in [-0.25, -0.2) is 0 Å². The SMILES string of the molecule is C#CCCN1CC(=O)NC(C(C)(C)C)C1=O. The number of nitrogens with zero attached hydrogens (tertiary/aromatic N) is 1. The molecule has 1 N–H and O–H groups in total. The van der Waals surface area contributed by atoms with E-state index in [1.807, 2.05) is 20.8 Å². The number of terminal acetylenes is 1. The van der Waals surface area contributed by atoms with E-state index in [9.17, 15) is 9.59 Å². The topological polar surface area (TPSA) is 49.4 Å². The molecule has 0 aromatic heterocycles. The zero-order valence-corrected chi connectivity index (χ0v) is 10.0. The predicted octanol–water partition coefficient (Wildman–Crippen LogP) is 0.383. The molecular weight excluding hydrogens is 204 g/mol. The highest BCUT2D eigenvalue weighted by molar-refractivity contribution is 5.95. The van der Waals surface area contributed by atoms with Crippen molar-refractivity contribution in [1.82, 2.24) is 10.2 Å². The van der Waals surface area contributed by atoms with Crippen LogP contribution in [0.5, 0.6) is 0 Å². The van der Waals surface area contributed by atoms with Gasteiger partial charge in [-0.15, -0.1) is 12.3 Å². The molecule has 0 radical (unpaired) electrons. The van der Waals surface area contributed by atoms with Crippen molar-refractivity contribution in [2.75, 3.05) is 13.1 Å². The number of hydrogen-bond donors (Lipinski definition) is 1. The van der Waals surface area contributed by atoms with Gasteiger partial charge in [-0.3, -0.25) is 9.59 Å². The van der Waals surface area contributed by atoms with Crippen molar-refractivity contribution in [3.8, 4) is 12.3 Å². The highest BCUT2D eigenvalue weighted by Crippen LogP contribution is 2.23. The van der Waals surface area contributed by atoms with Crippen LogP contribution in [0.15, 0.2) is 0 Å². The number of carbonyl (C=O) groups is 2. The average Bonchev–Trinajstić information content (AvgIpc) is 2.17. The third kappa shape index (κ3) is 2.75. The van der Waals surface area contributed by atoms with E-state index in [2.05, 4.69) is 11.2 Å². The van der Waals surface area contributed by atoms with Gasteiger partial charge >= 0.3 is 0 Å². The molecule has 0 saturated carbocycles. The molecule has 0 aliphatic carbocycles. The summed E-state index contributed by atoms with van der Waals surface area (Å²) in [6.07, 6.45) is 5.64. The Balaban J connectivity index is 2.79. The zero-order chi connectivity index (χ0) is 12.3. The molecule has 1 rings (SSSR count). The van der Waals surface area contributed by atoms with Gasteiger partial charge in [-0.1, -0.05) is 20.8 Å². The lowest BCUT2D eigenvalue weighted by atomic mass is 9.85. The summed E-state index contributed by atoms with van der Waals surface area (Å²) in [5, 5.41) is 2.73. The summed E-state index contributed by atoms with van der Waals surface area (Å²) in [4.78, 5) is 25.1. The third-order valence-corrected chi connectivity index (χ3v) is 2.59. The van der Waals surface area contributed by atoms with E-state index in [0.717, 1.165) is 0 Å². The molecule has 1 fully saturated rings. The second-order valence-electron chi connectivity index (χ2n) is 5.08. The van der Waals surface area contributed by atoms with E-state index >= 15 is 0 Å². The fraction of sp³-hybridized carbons (Fsp3) is 0.667. The van der Waals surface area contributed by atoms with Crippen molar-refractivity contribution >= 4 is 11.8 Å². The quantitative estimate of drug-likeness (QED) is 0.687. The van der Waals surface area contributed by atoms with Crippen LogP contribution >= 0.6 is 0 Å². The molecule has 16 heavy (non-hydrogen) atoms. The maximum Gasteiger partial charge on any atom is 0.246 e. The molecule has 4 heteroatoms. The third-order valence-electron chi connectivity index (χ3n) is 2.59. The van der Waals surface area contributed by atoms with Gasteiger partial charge in [0.1, 0.15) is 6.04 Å². The molecular formula is C12H18N2O2. The fourth-order valence-electron chi connectivity index (χ4n) is 1.68. The average molecular weight is 222 g/mol. The number of piperazine rings is 1. The Labute approximate surface area is 96.4 Å². The zero-order valence-electron chi connectivity index (χ0n) is 10.0. The number of rotatable bonds is 2. The molecule has 1 heterocycles. The van der Waals surface area contributed by atoms with Gasteiger partial charge in [0.2, 0.25) is 11.8 Å². The Bertz CT molecular complexity index is 336. The number of carbonyl (C=O) groups excluding carboxylic acids is 2. The Morgan fingerprint density at radius 2 is 2.12 bits per heavy atom. The summed E-state index contributed by atoms with van der Waals surface area (Å²) in [7, 11) is 0. The maximum atomic E-state index is 12.1. The molecule has 0 spiro atoms. The minimum atomic E-state index is -0.452. The van der Waals surface area contributed by atoms with Crippen LogP contribution in [0.25, 0.3) is 0 Å². The molecule has 1 saturated heterocycles. The van der Waals surface area contributed by atoms with E-state index in [-0.39, 0.29) is 23.8 Å². The summed E-state index contributed by atoms with van der Waals surface area (Å²) < 4.78 is 0. The van der Waals surface area contributed by atoms with E-state index < -0.39 is 6.04 Å². The lowest BCUT2D eigenvalue weighted by Crippen LogP contribution is -2.62. The van der Waals surface area contributed by atoms with Crippen LogP contribution in [0.2, 0.25) is 0 Å². The van der Waals surface area contributed by atoms with Crippen molar-refractivity contribution in [1.29, 1.82) is 0 Å². The first kappa shape index (κ1) is 12.6. The minimum absolute atomic E-state index is 0.0395. The lowest BCUT2D eigenvalue weighted by molar-refractivity contribution is -0.147. The van der Waals surface area contributed by atoms with Crippen molar-refractivity contribution in [3.63, 3.8) is 0 Å². The van der Waals surface area contributed by atoms with Crippen molar-refractivity contribution in [2.45, 2.75) is 33.2 Å². The van der Waals surface area contributed by atoms with Crippen molar-refractivity contribution < 1.29 is 9.59 Å². The summed E-state index contributed by atoms with van der Waals surface area (Å²) in [6.45, 7) is 6.37. The first-order chi connectivity index (χ1) is 7.36. The molecule has 0 aromatic rings. The van der Waals surface area contributed by atoms with Crippen LogP contribution in [0.4, 0.5) is 0 Å². The first-order valence-corrected chi connectivity index (χ1v) is 5.38. The van der Waals surface area contributed by atoms with Crippen molar-refractivity contribution in [2.24, 2.45) is 5.41 Å². The van der Waals surface area contributed by atoms with Crippen LogP contribution in [0.1, 0.15) is 27.2 Å². The van der Waals surface area contributed by atoms with Gasteiger partial charge in [-0.2, -0.15) is 0 Å². The Morgan fingerprint density at radius 1 is 1.50 bits per heavy atom. The van der Waals surface area contributed by atoms with Gasteiger partial charge in [0.25, 0.3) is 0 Å². The van der Waals surface area contributed by atoms with E-state index in [4.69, 9.17) is 6.42 Å². The van der Waals surface area contributed by atoms with Crippen molar-refractivity contribution in [3.05, 3.63) is 0 Å². The highest BCUT2D eigenvalue weighted by atomic mass is 16.2. The van der Waals surface area contributed by atoms with Crippen LogP contribution in [0, 0.1) is 17.8 Å². The summed E-state index contributed by atoms with van der Waals surface area (Å²) in [5.41, 5.74) is -0.276. The number of nitrogens with one attached hydrogen (secondary N) is 1. The molecule has 88 valence electrons. The van der Waals surface area contributed by atoms with Crippen LogP contribution in [-0.2, 0) is 9.59 Å². The molecule has 2 amide bonds. The summed E-state index contributed by atoms with van der Waals surface area (Å²) in [6, 6.07) is -0.452. The molecule has 1 aliphatic rings. The predicted molar refractivity (Wildman–Crippen MR) is 61.4 cm³/mol. The lowest BCUT2D eigenvalue weighted by Gasteiger charge is -2.38. The van der Waals surface area contributed by atoms with Crippen LogP contribution < -0.4 is 5.32 Å². The Kier molecular flexibility index (Phi) is 3.58. The Morgan fingerprint density at radius 3 is 2.62 bits per heavy atom. The smallest absolute Gasteiger partial charge is 0.246 e. The summed E-state index contributed by atoms with van der Waals surface area (Å²) >= 11 is 0. The number of amides is 2. The van der Waals surface area contributed by atoms with E-state index in [1.54, 1.807) is 0 Å². The fourth-order valence-corrected chi connectivity index (χ4v) is 1.68. The largest absolute Gasteiger partial charge is 0.342 e. The molecule has 1 aliphatic heterocycles. The monoisotopic (exact) mass is 222 g/mol. The summed E-state index contributed by atoms with van der Waals surface area (Å²) in [5.74, 6) is 2.32. The number of hydrogen-bond acceptors (Lipinski definition) is 2. The second-order valence-corrected chi connectivity index (χ2v) is 5.08. The van der Waals surface area contributed by atoms with Gasteiger partial charge in [-0.05, 0) is 5.41 Å². The normalized spacial score (nSPS) is 21.6. The molecule has 1 atom stereocenters. The van der Waals surface area contributed by atoms with E-state index in [1.165, 1.54) is 4.90 Å². The Hall–Kier alpha value is -1.50. The van der Waals surface area contributed by atoms with Crippen LogP contribution in [0.3, 0.4) is 0 Å². The standard InChI is InChI=1S/C12H18N2O2/c1-5-6-7-14-8-9(15)13-10(11(14)16)12(2,3)4/h1,10H,6-8H2,2-4H3,(H,13,15). The van der Waals surface area contributed by atoms with Gasteiger partial charge in [0, 0.05) is 13.0 Å². The van der Waals surface area contributed by atoms with Crippen LogP contribution in [-0.4, -0.2) is 35.8 Å². The van der Waals surface area contributed by atoms with Gasteiger partial charge in [0.15, 0.2) is 0 Å². The molecule has 1 unspecified atom stereocenters. The highest BCUT2D eigenvalue weighted by Gasteiger charge is 2.39. The molecule has 0 bridgehead atoms. The van der Waals surface area contributed by atoms with Gasteiger partial charge in [0.05, 0.1) is 6.54 Å². The molecule has 4 nitrogen and oxygen atoms in total. The van der Waals surface area contributed by atoms with E-state index in [0.29, 0.717) is 13.0 Å².